The van der Waals surface area contributed by atoms with Crippen molar-refractivity contribution >= 4 is 23.4 Å². The highest BCUT2D eigenvalue weighted by Gasteiger charge is 2.21. The molecule has 0 aliphatic heterocycles. The van der Waals surface area contributed by atoms with E-state index in [2.05, 4.69) is 30.6 Å². The lowest BCUT2D eigenvalue weighted by Gasteiger charge is -2.26. The fourth-order valence-electron chi connectivity index (χ4n) is 2.81. The van der Waals surface area contributed by atoms with Crippen molar-refractivity contribution in [3.63, 3.8) is 0 Å². The third-order valence-corrected chi connectivity index (χ3v) is 4.53. The van der Waals surface area contributed by atoms with Gasteiger partial charge in [0.05, 0.1) is 5.56 Å². The van der Waals surface area contributed by atoms with Gasteiger partial charge in [-0.05, 0) is 49.1 Å². The van der Waals surface area contributed by atoms with E-state index < -0.39 is 0 Å². The van der Waals surface area contributed by atoms with E-state index in [9.17, 15) is 4.79 Å². The summed E-state index contributed by atoms with van der Waals surface area (Å²) in [4.78, 5) is 29.0. The van der Waals surface area contributed by atoms with Crippen molar-refractivity contribution in [1.82, 2.24) is 25.3 Å². The Balaban J connectivity index is 1.58. The molecule has 1 saturated carbocycles. The Morgan fingerprint density at radius 3 is 2.67 bits per heavy atom. The summed E-state index contributed by atoms with van der Waals surface area (Å²) in [5, 5.41) is 6.12. The summed E-state index contributed by atoms with van der Waals surface area (Å²) in [7, 11) is 0. The average Bonchev–Trinajstić information content (AvgIpc) is 2.66. The fourth-order valence-corrected chi connectivity index (χ4v) is 2.81. The summed E-state index contributed by atoms with van der Waals surface area (Å²) >= 11 is 0. The molecule has 27 heavy (non-hydrogen) atoms. The molecular weight excluding hydrogens is 342 g/mol. The van der Waals surface area contributed by atoms with Gasteiger partial charge < -0.3 is 16.4 Å². The number of rotatable bonds is 5. The maximum Gasteiger partial charge on any atom is 0.255 e. The lowest BCUT2D eigenvalue weighted by atomic mass is 9.93. The zero-order valence-electron chi connectivity index (χ0n) is 14.6. The normalized spacial score (nSPS) is 13.6. The largest absolute Gasteiger partial charge is 0.383 e. The number of nitrogens with zero attached hydrogens (tertiary/aromatic N) is 4. The van der Waals surface area contributed by atoms with Gasteiger partial charge in [0, 0.05) is 30.2 Å². The van der Waals surface area contributed by atoms with Crippen LogP contribution in [0.4, 0.5) is 17.5 Å². The van der Waals surface area contributed by atoms with Crippen molar-refractivity contribution in [3.8, 4) is 11.1 Å². The van der Waals surface area contributed by atoms with Crippen LogP contribution in [0.5, 0.6) is 0 Å². The van der Waals surface area contributed by atoms with E-state index in [-0.39, 0.29) is 17.8 Å². The van der Waals surface area contributed by atoms with Gasteiger partial charge in [-0.25, -0.2) is 19.9 Å². The number of hydrogen-bond acceptors (Lipinski definition) is 7. The summed E-state index contributed by atoms with van der Waals surface area (Å²) in [5.41, 5.74) is 7.97. The van der Waals surface area contributed by atoms with Crippen molar-refractivity contribution in [1.29, 1.82) is 0 Å². The minimum atomic E-state index is -0.181. The van der Waals surface area contributed by atoms with Gasteiger partial charge in [0.25, 0.3) is 5.91 Å². The number of pyridine rings is 2. The fraction of sp³-hybridized carbons (Fsp3) is 0.211. The highest BCUT2D eigenvalue weighted by molar-refractivity contribution is 5.99. The minimum absolute atomic E-state index is 0.181. The Kier molecular flexibility index (Phi) is 4.61. The Labute approximate surface area is 156 Å². The van der Waals surface area contributed by atoms with Crippen LogP contribution >= 0.6 is 0 Å². The first-order valence-electron chi connectivity index (χ1n) is 8.75. The molecule has 0 atom stereocenters. The zero-order chi connectivity index (χ0) is 18.6. The summed E-state index contributed by atoms with van der Waals surface area (Å²) in [5.74, 6) is 1.32. The molecule has 1 aliphatic carbocycles. The average molecular weight is 361 g/mol. The molecule has 4 rings (SSSR count). The molecular formula is C19H19N7O. The lowest BCUT2D eigenvalue weighted by Crippen LogP contribution is -2.39. The lowest BCUT2D eigenvalue weighted by molar-refractivity contribution is 0.0917. The first kappa shape index (κ1) is 16.9. The van der Waals surface area contributed by atoms with Gasteiger partial charge in [0.15, 0.2) is 0 Å². The smallest absolute Gasteiger partial charge is 0.255 e. The van der Waals surface area contributed by atoms with E-state index in [0.29, 0.717) is 17.2 Å². The van der Waals surface area contributed by atoms with Crippen LogP contribution in [0.3, 0.4) is 0 Å². The van der Waals surface area contributed by atoms with Crippen LogP contribution in [0.1, 0.15) is 29.6 Å². The number of amides is 1. The van der Waals surface area contributed by atoms with E-state index in [1.807, 2.05) is 12.1 Å². The first-order chi connectivity index (χ1) is 13.2. The second-order valence-electron chi connectivity index (χ2n) is 6.41. The number of aromatic nitrogens is 4. The number of carbonyl (C=O) groups excluding carboxylic acids is 1. The van der Waals surface area contributed by atoms with Gasteiger partial charge in [0.2, 0.25) is 0 Å². The zero-order valence-corrected chi connectivity index (χ0v) is 14.6. The molecule has 1 fully saturated rings. The van der Waals surface area contributed by atoms with Gasteiger partial charge in [-0.2, -0.15) is 0 Å². The van der Waals surface area contributed by atoms with Gasteiger partial charge in [-0.15, -0.1) is 0 Å². The molecule has 0 bridgehead atoms. The van der Waals surface area contributed by atoms with Crippen LogP contribution in [0, 0.1) is 0 Å². The van der Waals surface area contributed by atoms with Crippen LogP contribution in [-0.4, -0.2) is 31.9 Å². The molecule has 136 valence electrons. The maximum atomic E-state index is 12.5. The summed E-state index contributed by atoms with van der Waals surface area (Å²) in [6, 6.07) is 7.47. The molecule has 8 heteroatoms. The predicted molar refractivity (Wildman–Crippen MR) is 102 cm³/mol. The molecule has 0 spiro atoms. The SMILES string of the molecule is Nc1ncc(-c2ccnc(Nc3ccncn3)c2)cc1C(=O)NC1CCC1. The highest BCUT2D eigenvalue weighted by Crippen LogP contribution is 2.25. The van der Waals surface area contributed by atoms with Crippen molar-refractivity contribution in [2.45, 2.75) is 25.3 Å². The number of hydrogen-bond donors (Lipinski definition) is 3. The van der Waals surface area contributed by atoms with Crippen molar-refractivity contribution in [2.24, 2.45) is 0 Å². The van der Waals surface area contributed by atoms with Crippen molar-refractivity contribution < 1.29 is 4.79 Å². The molecule has 3 aromatic heterocycles. The van der Waals surface area contributed by atoms with E-state index in [1.54, 1.807) is 30.7 Å². The predicted octanol–water partition coefficient (Wildman–Crippen LogP) is 2.54. The standard InChI is InChI=1S/C19H19N7O/c20-18-15(19(27)25-14-2-1-3-14)8-13(10-23-18)12-4-7-22-17(9-12)26-16-5-6-21-11-24-16/h4-11,14H,1-3H2,(H2,20,23)(H,25,27)(H,21,22,24,26). The molecule has 3 aromatic rings. The Bertz CT molecular complexity index is 957. The molecule has 8 nitrogen and oxygen atoms in total. The third kappa shape index (κ3) is 3.84. The number of nitrogens with two attached hydrogens (primary N) is 1. The Morgan fingerprint density at radius 2 is 1.93 bits per heavy atom. The van der Waals surface area contributed by atoms with Crippen molar-refractivity contribution in [2.75, 3.05) is 11.1 Å². The third-order valence-electron chi connectivity index (χ3n) is 4.53. The molecule has 1 amide bonds. The molecule has 0 radical (unpaired) electrons. The first-order valence-corrected chi connectivity index (χ1v) is 8.75. The number of nitrogens with one attached hydrogen (secondary N) is 2. The highest BCUT2D eigenvalue weighted by atomic mass is 16.1. The van der Waals surface area contributed by atoms with Crippen LogP contribution in [0.15, 0.2) is 49.2 Å². The second kappa shape index (κ2) is 7.36. The Hall–Kier alpha value is -3.55. The maximum absolute atomic E-state index is 12.5. The number of nitrogen functional groups attached to an aromatic ring is 1. The minimum Gasteiger partial charge on any atom is -0.383 e. The summed E-state index contributed by atoms with van der Waals surface area (Å²) in [6.07, 6.45) is 9.63. The van der Waals surface area contributed by atoms with E-state index >= 15 is 0 Å². The molecule has 1 aliphatic rings. The van der Waals surface area contributed by atoms with Gasteiger partial charge in [0.1, 0.15) is 23.8 Å². The molecule has 3 heterocycles. The van der Waals surface area contributed by atoms with Gasteiger partial charge >= 0.3 is 0 Å². The molecule has 0 saturated heterocycles. The molecule has 0 aromatic carbocycles. The molecule has 4 N–H and O–H groups in total. The molecule has 0 unspecified atom stereocenters. The van der Waals surface area contributed by atoms with Gasteiger partial charge in [-0.1, -0.05) is 0 Å². The van der Waals surface area contributed by atoms with E-state index in [4.69, 9.17) is 5.73 Å². The monoisotopic (exact) mass is 361 g/mol. The topological polar surface area (TPSA) is 119 Å². The van der Waals surface area contributed by atoms with Crippen LogP contribution in [0.25, 0.3) is 11.1 Å². The van der Waals surface area contributed by atoms with E-state index in [1.165, 1.54) is 6.33 Å². The number of anilines is 3. The second-order valence-corrected chi connectivity index (χ2v) is 6.41. The summed E-state index contributed by atoms with van der Waals surface area (Å²) < 4.78 is 0. The van der Waals surface area contributed by atoms with Crippen LogP contribution in [0.2, 0.25) is 0 Å². The quantitative estimate of drug-likeness (QED) is 0.639. The summed E-state index contributed by atoms with van der Waals surface area (Å²) in [6.45, 7) is 0. The Morgan fingerprint density at radius 1 is 1.04 bits per heavy atom. The van der Waals surface area contributed by atoms with Crippen LogP contribution in [-0.2, 0) is 0 Å². The van der Waals surface area contributed by atoms with E-state index in [0.717, 1.165) is 30.4 Å². The number of carbonyl (C=O) groups is 1. The van der Waals surface area contributed by atoms with Crippen LogP contribution < -0.4 is 16.4 Å². The van der Waals surface area contributed by atoms with Gasteiger partial charge in [-0.3, -0.25) is 4.79 Å². The van der Waals surface area contributed by atoms with Crippen molar-refractivity contribution in [3.05, 3.63) is 54.7 Å².